The summed E-state index contributed by atoms with van der Waals surface area (Å²) in [6.07, 6.45) is 5.93. The number of anilines is 1. The summed E-state index contributed by atoms with van der Waals surface area (Å²) in [5.41, 5.74) is 2.44. The highest BCUT2D eigenvalue weighted by Gasteiger charge is 2.26. The van der Waals surface area contributed by atoms with Crippen molar-refractivity contribution in [3.63, 3.8) is 0 Å². The van der Waals surface area contributed by atoms with E-state index in [9.17, 15) is 19.2 Å². The van der Waals surface area contributed by atoms with Crippen molar-refractivity contribution in [3.8, 4) is 5.75 Å². The summed E-state index contributed by atoms with van der Waals surface area (Å²) in [5.74, 6) is -0.265. The first-order valence-corrected chi connectivity index (χ1v) is 14.1. The molecule has 0 fully saturated rings. The Hall–Kier alpha value is -3.94. The Morgan fingerprint density at radius 3 is 2.23 bits per heavy atom. The van der Waals surface area contributed by atoms with Crippen LogP contribution in [0.1, 0.15) is 81.8 Å². The summed E-state index contributed by atoms with van der Waals surface area (Å²) in [7, 11) is 1.86. The summed E-state index contributed by atoms with van der Waals surface area (Å²) in [6.45, 7) is 8.06. The topological polar surface area (TPSA) is 88.9 Å². The van der Waals surface area contributed by atoms with E-state index in [2.05, 4.69) is 6.92 Å². The van der Waals surface area contributed by atoms with Crippen molar-refractivity contribution in [2.45, 2.75) is 72.6 Å². The lowest BCUT2D eigenvalue weighted by atomic mass is 10.1. The Balaban J connectivity index is 1.82. The van der Waals surface area contributed by atoms with Gasteiger partial charge in [0, 0.05) is 57.0 Å². The van der Waals surface area contributed by atoms with Gasteiger partial charge in [0.25, 0.3) is 5.91 Å². The zero-order valence-electron chi connectivity index (χ0n) is 24.4. The summed E-state index contributed by atoms with van der Waals surface area (Å²) in [4.78, 5) is 53.9. The van der Waals surface area contributed by atoms with Crippen LogP contribution >= 0.6 is 0 Å². The van der Waals surface area contributed by atoms with E-state index in [-0.39, 0.29) is 17.7 Å². The lowest BCUT2D eigenvalue weighted by Crippen LogP contribution is -2.30. The number of unbranched alkanes of at least 4 members (excludes halogenated alkanes) is 4. The molecule has 2 amide bonds. The second kappa shape index (κ2) is 14.4. The second-order valence-corrected chi connectivity index (χ2v) is 10.2. The van der Waals surface area contributed by atoms with E-state index in [4.69, 9.17) is 4.74 Å². The number of fused-ring (bicyclic) bond motifs is 1. The largest absolute Gasteiger partial charge is 0.427 e. The predicted molar refractivity (Wildman–Crippen MR) is 158 cm³/mol. The third-order valence-corrected chi connectivity index (χ3v) is 7.07. The molecule has 1 aromatic heterocycles. The van der Waals surface area contributed by atoms with Crippen LogP contribution in [0.2, 0.25) is 0 Å². The number of benzene rings is 2. The van der Waals surface area contributed by atoms with Gasteiger partial charge in [-0.25, -0.2) is 0 Å². The summed E-state index contributed by atoms with van der Waals surface area (Å²) in [5, 5.41) is 0.663. The number of carbonyl (C=O) groups excluding carboxylic acids is 4. The molecule has 0 unspecified atom stereocenters. The highest BCUT2D eigenvalue weighted by molar-refractivity contribution is 6.11. The predicted octanol–water partition coefficient (Wildman–Crippen LogP) is 6.13. The number of nitrogens with zero attached hydrogens (tertiary/aromatic N) is 3. The molecule has 0 aliphatic heterocycles. The van der Waals surface area contributed by atoms with Crippen LogP contribution < -0.4 is 9.64 Å². The van der Waals surface area contributed by atoms with Gasteiger partial charge in [-0.3, -0.25) is 23.7 Å². The molecule has 0 N–H and O–H groups in total. The molecule has 8 heteroatoms. The fourth-order valence-corrected chi connectivity index (χ4v) is 4.96. The molecule has 0 radical (unpaired) electrons. The number of hydrogen-bond donors (Lipinski definition) is 0. The van der Waals surface area contributed by atoms with E-state index in [0.717, 1.165) is 45.1 Å². The number of aromatic nitrogens is 1. The minimum Gasteiger partial charge on any atom is -0.427 e. The van der Waals surface area contributed by atoms with Crippen LogP contribution in [0.4, 0.5) is 5.69 Å². The zero-order valence-corrected chi connectivity index (χ0v) is 24.4. The highest BCUT2D eigenvalue weighted by Crippen LogP contribution is 2.37. The van der Waals surface area contributed by atoms with Gasteiger partial charge in [0.15, 0.2) is 0 Å². The molecule has 0 spiro atoms. The zero-order chi connectivity index (χ0) is 29.2. The van der Waals surface area contributed by atoms with Gasteiger partial charge in [0.2, 0.25) is 11.8 Å². The monoisotopic (exact) mass is 547 g/mol. The molecule has 40 heavy (non-hydrogen) atoms. The van der Waals surface area contributed by atoms with Crippen LogP contribution in [-0.2, 0) is 14.4 Å². The summed E-state index contributed by atoms with van der Waals surface area (Å²) >= 11 is 0. The molecular weight excluding hydrogens is 506 g/mol. The Bertz CT molecular complexity index is 1350. The molecule has 3 rings (SSSR count). The van der Waals surface area contributed by atoms with Gasteiger partial charge in [0.1, 0.15) is 5.75 Å². The SMILES string of the molecule is CCCCN(C)C(=O)CCCCCCN(C(C)=O)c1c(C)n(C(=O)c2ccccc2)c2ccc(OC(C)=O)cc12. The van der Waals surface area contributed by atoms with Gasteiger partial charge in [-0.2, -0.15) is 0 Å². The van der Waals surface area contributed by atoms with Crippen LogP contribution in [0.15, 0.2) is 48.5 Å². The molecule has 0 atom stereocenters. The van der Waals surface area contributed by atoms with Gasteiger partial charge in [0.05, 0.1) is 11.2 Å². The molecule has 0 saturated heterocycles. The van der Waals surface area contributed by atoms with Crippen LogP contribution in [0.25, 0.3) is 10.9 Å². The Kier molecular flexibility index (Phi) is 11.1. The minimum absolute atomic E-state index is 0.139. The minimum atomic E-state index is -0.448. The van der Waals surface area contributed by atoms with Crippen molar-refractivity contribution >= 4 is 40.3 Å². The maximum atomic E-state index is 13.6. The first-order valence-electron chi connectivity index (χ1n) is 14.1. The molecule has 0 aliphatic carbocycles. The molecule has 2 aromatic carbocycles. The molecule has 0 bridgehead atoms. The average molecular weight is 548 g/mol. The molecule has 214 valence electrons. The fourth-order valence-electron chi connectivity index (χ4n) is 4.96. The first-order chi connectivity index (χ1) is 19.1. The molecule has 8 nitrogen and oxygen atoms in total. The van der Waals surface area contributed by atoms with Crippen LogP contribution in [0, 0.1) is 6.92 Å². The van der Waals surface area contributed by atoms with Crippen LogP contribution in [0.3, 0.4) is 0 Å². The van der Waals surface area contributed by atoms with Gasteiger partial charge in [-0.05, 0) is 56.5 Å². The highest BCUT2D eigenvalue weighted by atomic mass is 16.5. The molecule has 3 aromatic rings. The number of rotatable bonds is 13. The van der Waals surface area contributed by atoms with E-state index in [1.807, 2.05) is 32.2 Å². The molecule has 0 aliphatic rings. The number of hydrogen-bond acceptors (Lipinski definition) is 5. The maximum absolute atomic E-state index is 13.6. The van der Waals surface area contributed by atoms with E-state index in [1.54, 1.807) is 44.7 Å². The normalized spacial score (nSPS) is 10.9. The first kappa shape index (κ1) is 30.6. The van der Waals surface area contributed by atoms with Gasteiger partial charge >= 0.3 is 5.97 Å². The Morgan fingerprint density at radius 2 is 1.57 bits per heavy atom. The molecule has 1 heterocycles. The average Bonchev–Trinajstić information content (AvgIpc) is 3.21. The van der Waals surface area contributed by atoms with Gasteiger partial charge in [-0.1, -0.05) is 44.4 Å². The van der Waals surface area contributed by atoms with Crippen molar-refractivity contribution in [1.82, 2.24) is 9.47 Å². The van der Waals surface area contributed by atoms with Gasteiger partial charge in [-0.15, -0.1) is 0 Å². The molecule has 0 saturated carbocycles. The quantitative estimate of drug-likeness (QED) is 0.146. The van der Waals surface area contributed by atoms with Crippen LogP contribution in [0.5, 0.6) is 5.75 Å². The third-order valence-electron chi connectivity index (χ3n) is 7.07. The van der Waals surface area contributed by atoms with E-state index < -0.39 is 5.97 Å². The lowest BCUT2D eigenvalue weighted by Gasteiger charge is -2.22. The second-order valence-electron chi connectivity index (χ2n) is 10.2. The van der Waals surface area contributed by atoms with Crippen molar-refractivity contribution in [2.24, 2.45) is 0 Å². The van der Waals surface area contributed by atoms with Crippen molar-refractivity contribution in [2.75, 3.05) is 25.0 Å². The van der Waals surface area contributed by atoms with Crippen molar-refractivity contribution < 1.29 is 23.9 Å². The smallest absolute Gasteiger partial charge is 0.308 e. The number of carbonyl (C=O) groups is 4. The van der Waals surface area contributed by atoms with Crippen molar-refractivity contribution in [1.29, 1.82) is 0 Å². The number of esters is 1. The Morgan fingerprint density at radius 1 is 0.875 bits per heavy atom. The van der Waals surface area contributed by atoms with Crippen molar-refractivity contribution in [3.05, 3.63) is 59.8 Å². The number of ether oxygens (including phenoxy) is 1. The number of amides is 2. The van der Waals surface area contributed by atoms with Gasteiger partial charge < -0.3 is 14.5 Å². The molecular formula is C32H41N3O5. The lowest BCUT2D eigenvalue weighted by molar-refractivity contribution is -0.132. The maximum Gasteiger partial charge on any atom is 0.308 e. The fraction of sp³-hybridized carbons (Fsp3) is 0.438. The summed E-state index contributed by atoms with van der Waals surface area (Å²) in [6, 6.07) is 14.1. The van der Waals surface area contributed by atoms with E-state index >= 15 is 0 Å². The van der Waals surface area contributed by atoms with E-state index in [0.29, 0.717) is 46.6 Å². The summed E-state index contributed by atoms with van der Waals surface area (Å²) < 4.78 is 6.95. The standard InChI is InChI=1S/C32H41N3O5/c1-6-7-20-33(5)30(38)17-13-8-9-14-21-34(24(3)36)31-23(2)35(32(39)26-15-11-10-12-16-26)29-19-18-27(22-28(29)31)40-25(4)37/h10-12,15-16,18-19,22H,6-9,13-14,17,20-21H2,1-5H3. The Labute approximate surface area is 236 Å². The van der Waals surface area contributed by atoms with Crippen LogP contribution in [-0.4, -0.2) is 53.3 Å². The van der Waals surface area contributed by atoms with E-state index in [1.165, 1.54) is 13.8 Å². The third kappa shape index (κ3) is 7.58.